The topological polar surface area (TPSA) is 0 Å². The molecule has 0 fully saturated rings. The Hall–Kier alpha value is 0.821. The second-order valence-electron chi connectivity index (χ2n) is 6.67. The van der Waals surface area contributed by atoms with E-state index in [1.807, 2.05) is 0 Å². The summed E-state index contributed by atoms with van der Waals surface area (Å²) in [6.07, 6.45) is 16.1. The first-order valence-corrected chi connectivity index (χ1v) is 12.2. The van der Waals surface area contributed by atoms with Gasteiger partial charge in [-0.1, -0.05) is 42.9 Å². The zero-order valence-electron chi connectivity index (χ0n) is 14.1. The van der Waals surface area contributed by atoms with Crippen LogP contribution in [0.3, 0.4) is 0 Å². The van der Waals surface area contributed by atoms with E-state index in [2.05, 4.69) is 75.1 Å². The fourth-order valence-electron chi connectivity index (χ4n) is 2.85. The Morgan fingerprint density at radius 2 is 1.86 bits per heavy atom. The molecule has 0 amide bonds. The van der Waals surface area contributed by atoms with E-state index in [1.165, 1.54) is 17.6 Å². The average molecular weight is 408 g/mol. The molecule has 0 aliphatic heterocycles. The molecule has 0 heterocycles. The molecule has 2 rings (SSSR count). The van der Waals surface area contributed by atoms with Crippen LogP contribution in [-0.4, -0.2) is 12.0 Å². The van der Waals surface area contributed by atoms with Crippen LogP contribution in [0.25, 0.3) is 0 Å². The van der Waals surface area contributed by atoms with Crippen LogP contribution in [0.4, 0.5) is 0 Å². The van der Waals surface area contributed by atoms with Crippen molar-refractivity contribution in [2.75, 3.05) is 0 Å². The zero-order valence-corrected chi connectivity index (χ0v) is 19.0. The normalized spacial score (nSPS) is 23.4. The summed E-state index contributed by atoms with van der Waals surface area (Å²) < 4.78 is 0.279. The molecule has 0 nitrogen and oxygen atoms in total. The summed E-state index contributed by atoms with van der Waals surface area (Å²) in [6, 6.07) is 0. The summed E-state index contributed by atoms with van der Waals surface area (Å²) in [5.41, 5.74) is 4.38. The van der Waals surface area contributed by atoms with Gasteiger partial charge in [0, 0.05) is 4.75 Å². The van der Waals surface area contributed by atoms with Crippen LogP contribution >= 0.6 is 11.2 Å². The van der Waals surface area contributed by atoms with E-state index in [4.69, 9.17) is 0 Å². The summed E-state index contributed by atoms with van der Waals surface area (Å²) in [6.45, 7) is 11.9. The number of hydrogen-bond donors (Lipinski definition) is 0. The quantitative estimate of drug-likeness (QED) is 0.454. The summed E-state index contributed by atoms with van der Waals surface area (Å²) in [7, 11) is -1.17. The van der Waals surface area contributed by atoms with E-state index >= 15 is 0 Å². The molecular weight excluding hydrogens is 383 g/mol. The van der Waals surface area contributed by atoms with Gasteiger partial charge in [-0.2, -0.15) is 17.3 Å². The molecule has 0 spiro atoms. The zero-order chi connectivity index (χ0) is 14.1. The van der Waals surface area contributed by atoms with Crippen molar-refractivity contribution in [3.05, 3.63) is 47.1 Å². The molecule has 5 heteroatoms. The minimum absolute atomic E-state index is 0. The van der Waals surface area contributed by atoms with Crippen molar-refractivity contribution in [3.8, 4) is 0 Å². The van der Waals surface area contributed by atoms with Gasteiger partial charge < -0.3 is 24.8 Å². The maximum absolute atomic E-state index is 3.51. The molecule has 0 aromatic heterocycles. The van der Waals surface area contributed by atoms with Gasteiger partial charge in [0.25, 0.3) is 0 Å². The Morgan fingerprint density at radius 3 is 2.32 bits per heavy atom. The van der Waals surface area contributed by atoms with Gasteiger partial charge >= 0.3 is 21.7 Å². The van der Waals surface area contributed by atoms with Crippen LogP contribution in [0.15, 0.2) is 41.0 Å². The number of allylic oxidation sites excluding steroid dienone is 7. The Morgan fingerprint density at radius 1 is 1.23 bits per heavy atom. The standard InChI is InChI=1S/C17H25SSi.2ClH.Ti/c1-14-10-11-17(15(2)12-14,18-19(3,4)5)13-16-8-6-7-9-16;;;/h6,8,10,12H,7,11,13H2,1-5H3;2*1H;/q-1;;;+3/p-2. The Labute approximate surface area is 168 Å². The molecule has 1 radical (unpaired) electrons. The Bertz CT molecular complexity index is 489. The summed E-state index contributed by atoms with van der Waals surface area (Å²) in [4.78, 5) is 0. The van der Waals surface area contributed by atoms with Gasteiger partial charge in [-0.25, -0.2) is 11.6 Å². The number of rotatable bonds is 4. The molecule has 0 aromatic rings. The first kappa shape index (κ1) is 25.1. The number of halogens is 2. The molecule has 1 unspecified atom stereocenters. The van der Waals surface area contributed by atoms with Gasteiger partial charge in [-0.05, 0) is 26.7 Å². The summed E-state index contributed by atoms with van der Waals surface area (Å²) in [5.74, 6) is 0. The predicted octanol–water partition coefficient (Wildman–Crippen LogP) is -0.325. The fraction of sp³-hybridized carbons (Fsp3) is 0.529. The van der Waals surface area contributed by atoms with E-state index in [0.29, 0.717) is 0 Å². The van der Waals surface area contributed by atoms with Gasteiger partial charge in [0.2, 0.25) is 0 Å². The van der Waals surface area contributed by atoms with Crippen LogP contribution in [0.5, 0.6) is 0 Å². The summed E-state index contributed by atoms with van der Waals surface area (Å²) in [5, 5.41) is 0. The van der Waals surface area contributed by atoms with Gasteiger partial charge in [-0.15, -0.1) is 6.42 Å². The van der Waals surface area contributed by atoms with Crippen molar-refractivity contribution in [2.45, 2.75) is 57.5 Å². The minimum atomic E-state index is -1.17. The molecule has 0 aromatic carbocycles. The van der Waals surface area contributed by atoms with E-state index in [0.717, 1.165) is 12.8 Å². The van der Waals surface area contributed by atoms with Crippen LogP contribution in [0.1, 0.15) is 33.1 Å². The van der Waals surface area contributed by atoms with Crippen LogP contribution < -0.4 is 24.8 Å². The molecule has 2 aliphatic carbocycles. The first-order valence-electron chi connectivity index (χ1n) is 7.13. The molecule has 0 bridgehead atoms. The molecule has 0 saturated heterocycles. The Balaban J connectivity index is 0. The third-order valence-electron chi connectivity index (χ3n) is 3.66. The monoisotopic (exact) mass is 407 g/mol. The second-order valence-corrected chi connectivity index (χ2v) is 16.2. The van der Waals surface area contributed by atoms with Crippen molar-refractivity contribution >= 4 is 18.4 Å². The molecular formula is C17H25Cl2SSiTi. The second kappa shape index (κ2) is 9.96. The molecule has 0 saturated carbocycles. The van der Waals surface area contributed by atoms with E-state index < -0.39 is 7.22 Å². The van der Waals surface area contributed by atoms with E-state index in [9.17, 15) is 0 Å². The van der Waals surface area contributed by atoms with Gasteiger partial charge in [0.15, 0.2) is 0 Å². The van der Waals surface area contributed by atoms with Gasteiger partial charge in [0.1, 0.15) is 7.22 Å². The third-order valence-corrected chi connectivity index (χ3v) is 8.31. The smallest absolute Gasteiger partial charge is 1.00 e. The molecule has 22 heavy (non-hydrogen) atoms. The number of hydrogen-bond acceptors (Lipinski definition) is 1. The van der Waals surface area contributed by atoms with Crippen molar-refractivity contribution in [3.63, 3.8) is 0 Å². The minimum Gasteiger partial charge on any atom is -1.00 e. The Kier molecular flexibility index (Phi) is 11.3. The van der Waals surface area contributed by atoms with Crippen molar-refractivity contribution < 1.29 is 46.5 Å². The predicted molar refractivity (Wildman–Crippen MR) is 90.9 cm³/mol. The molecule has 2 aliphatic rings. The summed E-state index contributed by atoms with van der Waals surface area (Å²) >= 11 is 2.25. The van der Waals surface area contributed by atoms with Crippen LogP contribution in [-0.2, 0) is 21.7 Å². The van der Waals surface area contributed by atoms with Crippen molar-refractivity contribution in [2.24, 2.45) is 0 Å². The maximum atomic E-state index is 3.51. The van der Waals surface area contributed by atoms with Crippen LogP contribution in [0, 0.1) is 6.08 Å². The van der Waals surface area contributed by atoms with Crippen molar-refractivity contribution in [1.82, 2.24) is 0 Å². The average Bonchev–Trinajstić information content (AvgIpc) is 2.74. The van der Waals surface area contributed by atoms with E-state index in [1.54, 1.807) is 5.57 Å². The first-order chi connectivity index (χ1) is 8.81. The molecule has 0 N–H and O–H groups in total. The van der Waals surface area contributed by atoms with Crippen molar-refractivity contribution in [1.29, 1.82) is 0 Å². The largest absolute Gasteiger partial charge is 3.00 e. The maximum Gasteiger partial charge on any atom is 3.00 e. The SMILES string of the molecule is CC1=CCC(CC2=[C-]CC=C2)(S[Si](C)(C)C)C(C)=C1.[Cl-].[Cl-].[Ti+3]. The fourth-order valence-corrected chi connectivity index (χ4v) is 9.11. The molecule has 1 atom stereocenters. The van der Waals surface area contributed by atoms with Gasteiger partial charge in [0.05, 0.1) is 0 Å². The van der Waals surface area contributed by atoms with Crippen LogP contribution in [0.2, 0.25) is 19.6 Å². The third kappa shape index (κ3) is 6.75. The van der Waals surface area contributed by atoms with E-state index in [-0.39, 0.29) is 51.3 Å². The van der Waals surface area contributed by atoms with Gasteiger partial charge in [-0.3, -0.25) is 6.08 Å². The molecule has 121 valence electrons.